The summed E-state index contributed by atoms with van der Waals surface area (Å²) in [7, 11) is -3.92. The fraction of sp³-hybridized carbons (Fsp3) is 0.231. The van der Waals surface area contributed by atoms with E-state index in [-0.39, 0.29) is 24.5 Å². The van der Waals surface area contributed by atoms with Crippen LogP contribution in [0.2, 0.25) is 0 Å². The first-order valence-corrected chi connectivity index (χ1v) is 7.49. The molecule has 1 aliphatic heterocycles. The first-order chi connectivity index (χ1) is 9.93. The molecule has 0 aliphatic carbocycles. The molecule has 3 N–H and O–H groups in total. The van der Waals surface area contributed by atoms with Crippen molar-refractivity contribution in [2.24, 2.45) is 5.73 Å². The number of hydrogen-bond donors (Lipinski definition) is 2. The van der Waals surface area contributed by atoms with Crippen molar-refractivity contribution in [3.63, 3.8) is 0 Å². The van der Waals surface area contributed by atoms with Gasteiger partial charge in [-0.25, -0.2) is 8.42 Å². The summed E-state index contributed by atoms with van der Waals surface area (Å²) in [5.41, 5.74) is 5.76. The normalized spacial score (nSPS) is 16.0. The highest BCUT2D eigenvalue weighted by atomic mass is 32.2. The Bertz CT molecular complexity index is 730. The maximum absolute atomic E-state index is 12.4. The summed E-state index contributed by atoms with van der Waals surface area (Å²) < 4.78 is 25.7. The molecule has 1 aliphatic rings. The highest BCUT2D eigenvalue weighted by Crippen LogP contribution is 2.17. The fourth-order valence-electron chi connectivity index (χ4n) is 1.82. The molecular weight excluding hydrogens is 294 g/mol. The van der Waals surface area contributed by atoms with Crippen molar-refractivity contribution in [2.75, 3.05) is 19.6 Å². The van der Waals surface area contributed by atoms with Gasteiger partial charge in [0.1, 0.15) is 0 Å². The smallest absolute Gasteiger partial charge is 0.244 e. The number of carbonyl (C=O) groups is 2. The first kappa shape index (κ1) is 15.2. The van der Waals surface area contributed by atoms with E-state index in [9.17, 15) is 18.0 Å². The zero-order valence-electron chi connectivity index (χ0n) is 11.0. The number of piperazine rings is 1. The van der Waals surface area contributed by atoms with E-state index in [4.69, 9.17) is 5.73 Å². The highest BCUT2D eigenvalue weighted by Gasteiger charge is 2.32. The van der Waals surface area contributed by atoms with Gasteiger partial charge in [0.2, 0.25) is 21.8 Å². The average molecular weight is 307 g/mol. The van der Waals surface area contributed by atoms with E-state index in [1.54, 1.807) is 12.1 Å². The molecule has 8 heteroatoms. The van der Waals surface area contributed by atoms with Crippen LogP contribution < -0.4 is 11.1 Å². The summed E-state index contributed by atoms with van der Waals surface area (Å²) in [6.45, 7) is -0.600. The van der Waals surface area contributed by atoms with Crippen LogP contribution in [0.1, 0.15) is 5.56 Å². The number of imide groups is 1. The minimum Gasteiger partial charge on any atom is -0.320 e. The van der Waals surface area contributed by atoms with Crippen LogP contribution in [0.15, 0.2) is 29.2 Å². The van der Waals surface area contributed by atoms with E-state index in [1.165, 1.54) is 12.1 Å². The predicted molar refractivity (Wildman–Crippen MR) is 74.3 cm³/mol. The Hall–Kier alpha value is -2.21. The van der Waals surface area contributed by atoms with Crippen LogP contribution in [-0.2, 0) is 19.6 Å². The predicted octanol–water partition coefficient (Wildman–Crippen LogP) is -1.36. The van der Waals surface area contributed by atoms with Gasteiger partial charge in [-0.05, 0) is 18.2 Å². The lowest BCUT2D eigenvalue weighted by Crippen LogP contribution is -2.53. The monoisotopic (exact) mass is 307 g/mol. The second-order valence-corrected chi connectivity index (χ2v) is 6.22. The minimum atomic E-state index is -3.92. The molecule has 2 rings (SSSR count). The number of rotatable bonds is 2. The Morgan fingerprint density at radius 1 is 1.24 bits per heavy atom. The Morgan fingerprint density at radius 2 is 1.90 bits per heavy atom. The largest absolute Gasteiger partial charge is 0.320 e. The Kier molecular flexibility index (Phi) is 4.37. The zero-order chi connectivity index (χ0) is 15.5. The number of hydrogen-bond acceptors (Lipinski definition) is 5. The van der Waals surface area contributed by atoms with Gasteiger partial charge in [-0.15, -0.1) is 0 Å². The van der Waals surface area contributed by atoms with Crippen LogP contribution in [0.25, 0.3) is 0 Å². The van der Waals surface area contributed by atoms with Crippen LogP contribution in [0.5, 0.6) is 0 Å². The lowest BCUT2D eigenvalue weighted by molar-refractivity contribution is -0.134. The van der Waals surface area contributed by atoms with Crippen LogP contribution in [-0.4, -0.2) is 44.2 Å². The molecule has 110 valence electrons. The van der Waals surface area contributed by atoms with Crippen molar-refractivity contribution < 1.29 is 18.0 Å². The van der Waals surface area contributed by atoms with Crippen molar-refractivity contribution in [1.82, 2.24) is 9.62 Å². The minimum absolute atomic E-state index is 0.0196. The molecule has 0 unspecified atom stereocenters. The van der Waals surface area contributed by atoms with Gasteiger partial charge in [-0.1, -0.05) is 17.9 Å². The number of sulfonamides is 1. The van der Waals surface area contributed by atoms with Gasteiger partial charge in [-0.3, -0.25) is 14.9 Å². The molecule has 1 aromatic carbocycles. The summed E-state index contributed by atoms with van der Waals surface area (Å²) in [5, 5.41) is 2.05. The third-order valence-corrected chi connectivity index (χ3v) is 4.51. The summed E-state index contributed by atoms with van der Waals surface area (Å²) >= 11 is 0. The van der Waals surface area contributed by atoms with Gasteiger partial charge in [0.15, 0.2) is 0 Å². The molecule has 0 atom stereocenters. The molecule has 0 saturated carbocycles. The molecule has 0 aromatic heterocycles. The average Bonchev–Trinajstić information content (AvgIpc) is 2.44. The molecule has 0 spiro atoms. The van der Waals surface area contributed by atoms with Crippen LogP contribution in [0.4, 0.5) is 0 Å². The number of nitrogens with one attached hydrogen (secondary N) is 1. The van der Waals surface area contributed by atoms with Crippen molar-refractivity contribution in [3.05, 3.63) is 29.8 Å². The lowest BCUT2D eigenvalue weighted by atomic mass is 10.2. The number of carbonyl (C=O) groups excluding carboxylic acids is 2. The maximum atomic E-state index is 12.4. The van der Waals surface area contributed by atoms with Gasteiger partial charge in [0.25, 0.3) is 0 Å². The van der Waals surface area contributed by atoms with Crippen molar-refractivity contribution in [1.29, 1.82) is 0 Å². The number of amides is 2. The Balaban J connectivity index is 2.35. The first-order valence-electron chi connectivity index (χ1n) is 6.05. The second kappa shape index (κ2) is 6.05. The molecule has 7 nitrogen and oxygen atoms in total. The summed E-state index contributed by atoms with van der Waals surface area (Å²) in [5.74, 6) is 4.07. The SMILES string of the molecule is NCC#Cc1cccc(S(=O)(=O)N2CC(=O)NC(=O)C2)c1. The van der Waals surface area contributed by atoms with Gasteiger partial charge < -0.3 is 5.73 Å². The standard InChI is InChI=1S/C13H13N3O4S/c14-6-2-4-10-3-1-5-11(7-10)21(19,20)16-8-12(17)15-13(18)9-16/h1,3,5,7H,6,8-9,14H2,(H,15,17,18). The van der Waals surface area contributed by atoms with Crippen molar-refractivity contribution >= 4 is 21.8 Å². The van der Waals surface area contributed by atoms with Gasteiger partial charge in [0.05, 0.1) is 24.5 Å². The van der Waals surface area contributed by atoms with Crippen molar-refractivity contribution in [2.45, 2.75) is 4.90 Å². The Labute approximate surface area is 122 Å². The van der Waals surface area contributed by atoms with Crippen LogP contribution in [0, 0.1) is 11.8 Å². The molecule has 0 radical (unpaired) electrons. The molecule has 1 aromatic rings. The summed E-state index contributed by atoms with van der Waals surface area (Å²) in [6, 6.07) is 5.96. The molecule has 1 saturated heterocycles. The quantitative estimate of drug-likeness (QED) is 0.518. The molecular formula is C13H13N3O4S. The molecule has 2 amide bonds. The molecule has 1 fully saturated rings. The fourth-order valence-corrected chi connectivity index (χ4v) is 3.22. The van der Waals surface area contributed by atoms with E-state index >= 15 is 0 Å². The van der Waals surface area contributed by atoms with Gasteiger partial charge in [0, 0.05) is 5.56 Å². The molecule has 1 heterocycles. The summed E-state index contributed by atoms with van der Waals surface area (Å²) in [4.78, 5) is 22.6. The lowest BCUT2D eigenvalue weighted by Gasteiger charge is -2.24. The van der Waals surface area contributed by atoms with E-state index in [0.29, 0.717) is 5.56 Å². The van der Waals surface area contributed by atoms with E-state index < -0.39 is 21.8 Å². The number of benzene rings is 1. The number of nitrogens with zero attached hydrogens (tertiary/aromatic N) is 1. The maximum Gasteiger partial charge on any atom is 0.244 e. The third kappa shape index (κ3) is 3.46. The zero-order valence-corrected chi connectivity index (χ0v) is 11.8. The van der Waals surface area contributed by atoms with E-state index in [0.717, 1.165) is 4.31 Å². The van der Waals surface area contributed by atoms with E-state index in [1.807, 2.05) is 0 Å². The highest BCUT2D eigenvalue weighted by molar-refractivity contribution is 7.89. The summed E-state index contributed by atoms with van der Waals surface area (Å²) in [6.07, 6.45) is 0. The number of nitrogens with two attached hydrogens (primary N) is 1. The van der Waals surface area contributed by atoms with Gasteiger partial charge in [-0.2, -0.15) is 4.31 Å². The molecule has 0 bridgehead atoms. The van der Waals surface area contributed by atoms with Gasteiger partial charge >= 0.3 is 0 Å². The van der Waals surface area contributed by atoms with Crippen molar-refractivity contribution in [3.8, 4) is 11.8 Å². The van der Waals surface area contributed by atoms with Crippen LogP contribution >= 0.6 is 0 Å². The Morgan fingerprint density at radius 3 is 2.52 bits per heavy atom. The topological polar surface area (TPSA) is 110 Å². The second-order valence-electron chi connectivity index (χ2n) is 4.28. The molecule has 21 heavy (non-hydrogen) atoms. The van der Waals surface area contributed by atoms with Crippen LogP contribution in [0.3, 0.4) is 0 Å². The van der Waals surface area contributed by atoms with E-state index in [2.05, 4.69) is 17.2 Å². The third-order valence-electron chi connectivity index (χ3n) is 2.73.